The Morgan fingerprint density at radius 2 is 1.57 bits per heavy atom. The van der Waals surface area contributed by atoms with Crippen LogP contribution >= 0.6 is 0 Å². The molecule has 46 heavy (non-hydrogen) atoms. The lowest BCUT2D eigenvalue weighted by atomic mass is 9.89. The first kappa shape index (κ1) is 32.8. The van der Waals surface area contributed by atoms with E-state index in [2.05, 4.69) is 33.9 Å². The number of hydrogen-bond acceptors (Lipinski definition) is 6. The van der Waals surface area contributed by atoms with Crippen molar-refractivity contribution in [2.75, 3.05) is 36.4 Å². The van der Waals surface area contributed by atoms with Crippen LogP contribution in [0.5, 0.6) is 0 Å². The highest BCUT2D eigenvalue weighted by molar-refractivity contribution is 6.03. The first-order chi connectivity index (χ1) is 22.1. The molecule has 7 nitrogen and oxygen atoms in total. The molecule has 1 unspecified atom stereocenters. The van der Waals surface area contributed by atoms with E-state index in [1.807, 2.05) is 48.5 Å². The van der Waals surface area contributed by atoms with Crippen molar-refractivity contribution in [2.45, 2.75) is 51.1 Å². The van der Waals surface area contributed by atoms with Gasteiger partial charge in [-0.25, -0.2) is 4.98 Å². The first-order valence-corrected chi connectivity index (χ1v) is 15.7. The highest BCUT2D eigenvalue weighted by Crippen LogP contribution is 2.33. The maximum atomic E-state index is 13.8. The van der Waals surface area contributed by atoms with Crippen LogP contribution in [0.4, 0.5) is 24.7 Å². The monoisotopic (exact) mass is 632 g/mol. The molecule has 0 saturated carbocycles. The summed E-state index contributed by atoms with van der Waals surface area (Å²) in [5.74, 6) is -0.822. The molecule has 2 saturated heterocycles. The smallest absolute Gasteiger partial charge is 0.416 e. The third-order valence-corrected chi connectivity index (χ3v) is 8.80. The zero-order chi connectivity index (χ0) is 32.7. The number of nitrogens with one attached hydrogen (secondary N) is 1. The molecule has 1 amide bonds. The minimum Gasteiger partial charge on any atom is -0.436 e. The normalized spacial score (nSPS) is 18.3. The van der Waals surface area contributed by atoms with Gasteiger partial charge >= 0.3 is 6.18 Å². The van der Waals surface area contributed by atoms with Crippen molar-refractivity contribution in [3.05, 3.63) is 114 Å². The van der Waals surface area contributed by atoms with Crippen molar-refractivity contribution >= 4 is 23.2 Å². The van der Waals surface area contributed by atoms with Crippen LogP contribution < -0.4 is 10.2 Å². The number of hydrogen-bond donors (Lipinski definition) is 1. The second kappa shape index (κ2) is 14.7. The van der Waals surface area contributed by atoms with Crippen molar-refractivity contribution in [2.24, 2.45) is 5.92 Å². The number of ether oxygens (including phenoxy) is 1. The fraction of sp³-hybridized carbons (Fsp3) is 0.361. The molecule has 2 aromatic carbocycles. The number of halogens is 3. The number of carbonyl (C=O) groups excluding carboxylic acids is 2. The van der Waals surface area contributed by atoms with E-state index in [9.17, 15) is 22.8 Å². The molecule has 0 radical (unpaired) electrons. The average Bonchev–Trinajstić information content (AvgIpc) is 3.34. The molecule has 0 bridgehead atoms. The largest absolute Gasteiger partial charge is 0.436 e. The lowest BCUT2D eigenvalue weighted by Gasteiger charge is -2.32. The number of amides is 1. The molecule has 1 N–H and O–H groups in total. The van der Waals surface area contributed by atoms with Crippen molar-refractivity contribution in [3.8, 4) is 0 Å². The minimum atomic E-state index is -4.78. The Balaban J connectivity index is 1.19. The number of ketones is 1. The van der Waals surface area contributed by atoms with Crippen LogP contribution in [0.1, 0.15) is 60.9 Å². The summed E-state index contributed by atoms with van der Waals surface area (Å²) in [6.45, 7) is 7.09. The van der Waals surface area contributed by atoms with Gasteiger partial charge in [0.25, 0.3) is 5.91 Å². The number of Topliss-reactive ketones (excluding diaryl/α,β-unsaturated/α-hetero) is 1. The molecule has 2 fully saturated rings. The van der Waals surface area contributed by atoms with Gasteiger partial charge in [-0.15, -0.1) is 0 Å². The number of anilines is 2. The Hall–Kier alpha value is -4.60. The molecule has 5 rings (SSSR count). The maximum absolute atomic E-state index is 13.8. The van der Waals surface area contributed by atoms with Crippen molar-refractivity contribution < 1.29 is 27.5 Å². The average molecular weight is 633 g/mol. The van der Waals surface area contributed by atoms with E-state index in [0.717, 1.165) is 26.2 Å². The van der Waals surface area contributed by atoms with Crippen LogP contribution in [-0.4, -0.2) is 53.9 Å². The summed E-state index contributed by atoms with van der Waals surface area (Å²) in [6.07, 6.45) is 0.529. The molecule has 3 heterocycles. The molecule has 1 aromatic heterocycles. The molecule has 0 spiro atoms. The van der Waals surface area contributed by atoms with Crippen LogP contribution in [0, 0.1) is 5.92 Å². The van der Waals surface area contributed by atoms with Gasteiger partial charge in [0.1, 0.15) is 5.82 Å². The molecule has 1 atom stereocenters. The summed E-state index contributed by atoms with van der Waals surface area (Å²) in [6, 6.07) is 22.7. The lowest BCUT2D eigenvalue weighted by Crippen LogP contribution is -2.36. The number of carbonyl (C=O) groups is 2. The quantitative estimate of drug-likeness (QED) is 0.148. The Kier molecular flexibility index (Phi) is 10.4. The molecule has 2 aliphatic heterocycles. The topological polar surface area (TPSA) is 74.8 Å². The predicted octanol–water partition coefficient (Wildman–Crippen LogP) is 7.71. The lowest BCUT2D eigenvalue weighted by molar-refractivity contribution is -0.119. The Bertz CT molecular complexity index is 1530. The van der Waals surface area contributed by atoms with E-state index >= 15 is 0 Å². The number of rotatable bonds is 9. The molecular weight excluding hydrogens is 593 g/mol. The zero-order valence-electron chi connectivity index (χ0n) is 25.9. The standard InChI is InChI=1S/C36H39F3N4O3/c1-25(36(37,38)39)34(46-26(2)42-20-9-14-28(17-21-42)27-10-5-3-6-11-27)35(45)41-31-15-16-32(40-24-31)43-22-18-30(19-23-43)33(44)29-12-7-4-8-13-29/h3-8,10-13,15-16,24,28,30H,2,9,14,17-23H2,1H3,(H,41,45)/b34-25+. The molecule has 242 valence electrons. The van der Waals surface area contributed by atoms with Crippen molar-refractivity contribution in [1.82, 2.24) is 9.88 Å². The van der Waals surface area contributed by atoms with Crippen LogP contribution in [0.25, 0.3) is 0 Å². The van der Waals surface area contributed by atoms with Gasteiger partial charge in [0.2, 0.25) is 5.76 Å². The Labute approximate surface area is 267 Å². The second-order valence-electron chi connectivity index (χ2n) is 11.8. The summed E-state index contributed by atoms with van der Waals surface area (Å²) in [7, 11) is 0. The van der Waals surface area contributed by atoms with E-state index in [-0.39, 0.29) is 23.3 Å². The van der Waals surface area contributed by atoms with Crippen LogP contribution in [-0.2, 0) is 9.53 Å². The second-order valence-corrected chi connectivity index (χ2v) is 11.8. The molecule has 2 aliphatic rings. The van der Waals surface area contributed by atoms with Gasteiger partial charge < -0.3 is 19.9 Å². The van der Waals surface area contributed by atoms with Gasteiger partial charge in [-0.2, -0.15) is 13.2 Å². The SMILES string of the molecule is C=C(O/C(C(=O)Nc1ccc(N2CCC(C(=O)c3ccccc3)CC2)nc1)=C(\C)C(F)(F)F)N1CCCC(c2ccccc2)CC1. The number of likely N-dealkylation sites (tertiary alicyclic amines) is 1. The van der Waals surface area contributed by atoms with Crippen LogP contribution in [0.3, 0.4) is 0 Å². The van der Waals surface area contributed by atoms with Crippen LogP contribution in [0.15, 0.2) is 103 Å². The molecule has 10 heteroatoms. The zero-order valence-corrected chi connectivity index (χ0v) is 25.9. The van der Waals surface area contributed by atoms with E-state index in [4.69, 9.17) is 4.74 Å². The van der Waals surface area contributed by atoms with E-state index in [1.54, 1.807) is 17.0 Å². The highest BCUT2D eigenvalue weighted by Gasteiger charge is 2.37. The van der Waals surface area contributed by atoms with Gasteiger partial charge in [0.15, 0.2) is 11.7 Å². The summed E-state index contributed by atoms with van der Waals surface area (Å²) in [5, 5.41) is 2.51. The summed E-state index contributed by atoms with van der Waals surface area (Å²) >= 11 is 0. The van der Waals surface area contributed by atoms with E-state index < -0.39 is 23.4 Å². The Morgan fingerprint density at radius 3 is 2.20 bits per heavy atom. The number of nitrogens with zero attached hydrogens (tertiary/aromatic N) is 3. The number of benzene rings is 2. The number of allylic oxidation sites excluding steroid dienone is 1. The Morgan fingerprint density at radius 1 is 0.891 bits per heavy atom. The van der Waals surface area contributed by atoms with Crippen molar-refractivity contribution in [1.29, 1.82) is 0 Å². The molecule has 0 aliphatic carbocycles. The van der Waals surface area contributed by atoms with Gasteiger partial charge in [-0.1, -0.05) is 60.7 Å². The third-order valence-electron chi connectivity index (χ3n) is 8.80. The van der Waals surface area contributed by atoms with E-state index in [1.165, 1.54) is 11.8 Å². The summed E-state index contributed by atoms with van der Waals surface area (Å²) < 4.78 is 47.1. The van der Waals surface area contributed by atoms with Gasteiger partial charge in [-0.3, -0.25) is 9.59 Å². The van der Waals surface area contributed by atoms with Gasteiger partial charge in [-0.05, 0) is 69.2 Å². The van der Waals surface area contributed by atoms with Gasteiger partial charge in [0.05, 0.1) is 17.5 Å². The maximum Gasteiger partial charge on any atom is 0.416 e. The fourth-order valence-electron chi connectivity index (χ4n) is 6.05. The number of pyridine rings is 1. The van der Waals surface area contributed by atoms with Crippen LogP contribution in [0.2, 0.25) is 0 Å². The van der Waals surface area contributed by atoms with E-state index in [0.29, 0.717) is 56.3 Å². The minimum absolute atomic E-state index is 0.00471. The third kappa shape index (κ3) is 8.16. The number of alkyl halides is 3. The van der Waals surface area contributed by atoms with Gasteiger partial charge in [0, 0.05) is 37.7 Å². The fourth-order valence-corrected chi connectivity index (χ4v) is 6.05. The summed E-state index contributed by atoms with van der Waals surface area (Å²) in [4.78, 5) is 34.3. The number of aromatic nitrogens is 1. The first-order valence-electron chi connectivity index (χ1n) is 15.7. The molecular formula is C36H39F3N4O3. The number of piperidine rings is 1. The molecule has 3 aromatic rings. The highest BCUT2D eigenvalue weighted by atomic mass is 19.4. The van der Waals surface area contributed by atoms with Crippen molar-refractivity contribution in [3.63, 3.8) is 0 Å². The predicted molar refractivity (Wildman–Crippen MR) is 172 cm³/mol. The summed E-state index contributed by atoms with van der Waals surface area (Å²) in [5.41, 5.74) is 1.01.